The third-order valence-corrected chi connectivity index (χ3v) is 2.96. The van der Waals surface area contributed by atoms with Gasteiger partial charge in [0, 0.05) is 18.8 Å². The van der Waals surface area contributed by atoms with Crippen LogP contribution in [0.3, 0.4) is 0 Å². The minimum atomic E-state index is 0.424. The molecule has 7 heteroatoms. The molecule has 1 aromatic carbocycles. The van der Waals surface area contributed by atoms with Crippen molar-refractivity contribution in [1.29, 1.82) is 0 Å². The van der Waals surface area contributed by atoms with Crippen molar-refractivity contribution in [3.63, 3.8) is 0 Å². The van der Waals surface area contributed by atoms with Crippen LogP contribution in [-0.4, -0.2) is 40.4 Å². The Hall–Kier alpha value is -2.80. The molecule has 0 radical (unpaired) electrons. The maximum Gasteiger partial charge on any atom is 0.247 e. The largest absolute Gasteiger partial charge is 0.492 e. The van der Waals surface area contributed by atoms with E-state index in [-0.39, 0.29) is 0 Å². The number of nitrogens with zero attached hydrogens (tertiary/aromatic N) is 4. The molecule has 2 N–H and O–H groups in total. The van der Waals surface area contributed by atoms with E-state index in [4.69, 9.17) is 4.74 Å². The molecule has 7 nitrogen and oxygen atoms in total. The summed E-state index contributed by atoms with van der Waals surface area (Å²) in [5.41, 5.74) is 2.26. The van der Waals surface area contributed by atoms with E-state index in [1.54, 1.807) is 12.4 Å². The van der Waals surface area contributed by atoms with E-state index in [0.29, 0.717) is 12.6 Å². The average Bonchev–Trinajstić information content (AvgIpc) is 2.56. The van der Waals surface area contributed by atoms with Crippen molar-refractivity contribution in [2.24, 2.45) is 0 Å². The van der Waals surface area contributed by atoms with Crippen LogP contribution in [-0.2, 0) is 0 Å². The van der Waals surface area contributed by atoms with E-state index in [0.717, 1.165) is 29.0 Å². The van der Waals surface area contributed by atoms with Crippen molar-refractivity contribution in [3.05, 3.63) is 42.7 Å². The summed E-state index contributed by atoms with van der Waals surface area (Å²) in [6.45, 7) is 1.38. The molecule has 0 saturated carbocycles. The quantitative estimate of drug-likeness (QED) is 0.670. The van der Waals surface area contributed by atoms with Crippen LogP contribution in [0.4, 0.5) is 11.6 Å². The molecule has 3 aromatic rings. The predicted octanol–water partition coefficient (Wildman–Crippen LogP) is 1.76. The Morgan fingerprint density at radius 3 is 2.91 bits per heavy atom. The Morgan fingerprint density at radius 1 is 1.14 bits per heavy atom. The third kappa shape index (κ3) is 3.44. The highest BCUT2D eigenvalue weighted by molar-refractivity contribution is 5.76. The van der Waals surface area contributed by atoms with Crippen LogP contribution in [0.25, 0.3) is 11.0 Å². The van der Waals surface area contributed by atoms with Crippen LogP contribution in [0, 0.1) is 0 Å². The molecule has 0 amide bonds. The number of nitrogens with one attached hydrogen (secondary N) is 2. The lowest BCUT2D eigenvalue weighted by Gasteiger charge is -2.07. The van der Waals surface area contributed by atoms with Gasteiger partial charge in [0.2, 0.25) is 5.95 Å². The lowest BCUT2D eigenvalue weighted by Crippen LogP contribution is -2.15. The smallest absolute Gasteiger partial charge is 0.247 e. The molecular formula is C15H16N6O. The Balaban J connectivity index is 1.81. The van der Waals surface area contributed by atoms with Gasteiger partial charge in [0.15, 0.2) is 0 Å². The first-order valence-electron chi connectivity index (χ1n) is 6.94. The number of aromatic nitrogens is 4. The first kappa shape index (κ1) is 14.2. The molecule has 0 saturated heterocycles. The summed E-state index contributed by atoms with van der Waals surface area (Å²) in [5, 5.41) is 14.3. The van der Waals surface area contributed by atoms with Gasteiger partial charge >= 0.3 is 0 Å². The molecular weight excluding hydrogens is 280 g/mol. The van der Waals surface area contributed by atoms with Crippen molar-refractivity contribution in [3.8, 4) is 5.75 Å². The molecule has 0 unspecified atom stereocenters. The average molecular weight is 296 g/mol. The summed E-state index contributed by atoms with van der Waals surface area (Å²) >= 11 is 0. The molecule has 2 aromatic heterocycles. The summed E-state index contributed by atoms with van der Waals surface area (Å²) in [6, 6.07) is 9.29. The number of fused-ring (bicyclic) bond motifs is 1. The zero-order valence-corrected chi connectivity index (χ0v) is 12.2. The molecule has 112 valence electrons. The molecule has 0 spiro atoms. The van der Waals surface area contributed by atoms with Gasteiger partial charge < -0.3 is 15.4 Å². The fraction of sp³-hybridized carbons (Fsp3) is 0.200. The van der Waals surface area contributed by atoms with Gasteiger partial charge in [0.25, 0.3) is 0 Å². The highest BCUT2D eigenvalue weighted by Gasteiger charge is 2.04. The highest BCUT2D eigenvalue weighted by atomic mass is 16.5. The number of likely N-dealkylation sites (N-methyl/N-ethyl adjacent to an activating group) is 1. The van der Waals surface area contributed by atoms with Crippen molar-refractivity contribution >= 4 is 22.7 Å². The zero-order chi connectivity index (χ0) is 15.2. The van der Waals surface area contributed by atoms with Crippen LogP contribution >= 0.6 is 0 Å². The Labute approximate surface area is 127 Å². The van der Waals surface area contributed by atoms with E-state index < -0.39 is 0 Å². The van der Waals surface area contributed by atoms with Crippen LogP contribution in [0.15, 0.2) is 42.7 Å². The number of rotatable bonds is 6. The van der Waals surface area contributed by atoms with Gasteiger partial charge in [-0.05, 0) is 31.3 Å². The highest BCUT2D eigenvalue weighted by Crippen LogP contribution is 2.19. The lowest BCUT2D eigenvalue weighted by molar-refractivity contribution is 0.319. The van der Waals surface area contributed by atoms with Crippen LogP contribution < -0.4 is 15.4 Å². The molecule has 0 aliphatic heterocycles. The summed E-state index contributed by atoms with van der Waals surface area (Å²) < 4.78 is 5.63. The van der Waals surface area contributed by atoms with Crippen LogP contribution in [0.5, 0.6) is 5.75 Å². The third-order valence-electron chi connectivity index (χ3n) is 2.96. The predicted molar refractivity (Wildman–Crippen MR) is 84.3 cm³/mol. The van der Waals surface area contributed by atoms with Crippen LogP contribution in [0.2, 0.25) is 0 Å². The lowest BCUT2D eigenvalue weighted by atomic mass is 10.3. The second kappa shape index (κ2) is 6.77. The minimum absolute atomic E-state index is 0.424. The number of ether oxygens (including phenoxy) is 1. The molecule has 3 rings (SSSR count). The standard InChI is InChI=1S/C15H16N6O/c1-16-7-8-22-12-4-5-13-14(9-12)19-15(21-20-13)18-11-3-2-6-17-10-11/h2-6,9-10,16H,7-8H2,1H3,(H,18,19,21). The van der Waals surface area contributed by atoms with Gasteiger partial charge in [-0.3, -0.25) is 4.98 Å². The topological polar surface area (TPSA) is 84.9 Å². The Kier molecular flexibility index (Phi) is 4.35. The Morgan fingerprint density at radius 2 is 2.09 bits per heavy atom. The second-order valence-electron chi connectivity index (χ2n) is 4.60. The van der Waals surface area contributed by atoms with Gasteiger partial charge in [0.05, 0.1) is 17.4 Å². The van der Waals surface area contributed by atoms with Gasteiger partial charge in [-0.25, -0.2) is 4.98 Å². The molecule has 0 bridgehead atoms. The maximum atomic E-state index is 5.63. The second-order valence-corrected chi connectivity index (χ2v) is 4.60. The van der Waals surface area contributed by atoms with Gasteiger partial charge in [-0.2, -0.15) is 0 Å². The van der Waals surface area contributed by atoms with Gasteiger partial charge in [0.1, 0.15) is 17.9 Å². The monoisotopic (exact) mass is 296 g/mol. The molecule has 0 atom stereocenters. The summed E-state index contributed by atoms with van der Waals surface area (Å²) in [7, 11) is 1.89. The number of anilines is 2. The van der Waals surface area contributed by atoms with E-state index in [9.17, 15) is 0 Å². The SMILES string of the molecule is CNCCOc1ccc2nnc(Nc3cccnc3)nc2c1. The molecule has 22 heavy (non-hydrogen) atoms. The number of benzene rings is 1. The summed E-state index contributed by atoms with van der Waals surface area (Å²) in [4.78, 5) is 8.49. The minimum Gasteiger partial charge on any atom is -0.492 e. The molecule has 0 aliphatic carbocycles. The summed E-state index contributed by atoms with van der Waals surface area (Å²) in [6.07, 6.45) is 3.41. The van der Waals surface area contributed by atoms with Crippen molar-refractivity contribution in [1.82, 2.24) is 25.5 Å². The van der Waals surface area contributed by atoms with Crippen molar-refractivity contribution in [2.45, 2.75) is 0 Å². The first-order chi connectivity index (χ1) is 10.8. The van der Waals surface area contributed by atoms with Crippen molar-refractivity contribution in [2.75, 3.05) is 25.5 Å². The fourth-order valence-corrected chi connectivity index (χ4v) is 1.89. The zero-order valence-electron chi connectivity index (χ0n) is 12.2. The summed E-state index contributed by atoms with van der Waals surface area (Å²) in [5.74, 6) is 1.18. The van der Waals surface area contributed by atoms with E-state index >= 15 is 0 Å². The Bertz CT molecular complexity index is 749. The van der Waals surface area contributed by atoms with Crippen LogP contribution in [0.1, 0.15) is 0 Å². The molecule has 0 aliphatic rings. The first-order valence-corrected chi connectivity index (χ1v) is 6.94. The number of hydrogen-bond acceptors (Lipinski definition) is 7. The molecule has 2 heterocycles. The number of hydrogen-bond donors (Lipinski definition) is 2. The number of pyridine rings is 1. The van der Waals surface area contributed by atoms with Gasteiger partial charge in [-0.15, -0.1) is 10.2 Å². The van der Waals surface area contributed by atoms with Gasteiger partial charge in [-0.1, -0.05) is 0 Å². The van der Waals surface area contributed by atoms with Crippen molar-refractivity contribution < 1.29 is 4.74 Å². The van der Waals surface area contributed by atoms with E-state index in [1.165, 1.54) is 0 Å². The van der Waals surface area contributed by atoms with E-state index in [1.807, 2.05) is 37.4 Å². The normalized spacial score (nSPS) is 10.6. The fourth-order valence-electron chi connectivity index (χ4n) is 1.89. The molecule has 0 fully saturated rings. The maximum absolute atomic E-state index is 5.63. The van der Waals surface area contributed by atoms with E-state index in [2.05, 4.69) is 30.8 Å².